The molecule has 0 aromatic heterocycles. The van der Waals surface area contributed by atoms with E-state index in [4.69, 9.17) is 23.2 Å². The lowest BCUT2D eigenvalue weighted by molar-refractivity contribution is 1.34. The molecule has 0 radical (unpaired) electrons. The van der Waals surface area contributed by atoms with Crippen molar-refractivity contribution in [2.45, 2.75) is 6.92 Å². The van der Waals surface area contributed by atoms with E-state index in [1.807, 2.05) is 37.3 Å². The van der Waals surface area contributed by atoms with Gasteiger partial charge < -0.3 is 0 Å². The smallest absolute Gasteiger partial charge is 0.0561 e. The number of rotatable bonds is 3. The first-order chi connectivity index (χ1) is 8.65. The molecule has 2 rings (SSSR count). The van der Waals surface area contributed by atoms with Gasteiger partial charge in [-0.05, 0) is 31.2 Å². The highest BCUT2D eigenvalue weighted by Gasteiger charge is 1.97. The fraction of sp³-hybridized carbons (Fsp3) is 0.0714. The van der Waals surface area contributed by atoms with Crippen molar-refractivity contribution in [3.8, 4) is 0 Å². The molecule has 0 aliphatic heterocycles. The maximum atomic E-state index is 6.03. The second kappa shape index (κ2) is 5.89. The number of nitrogens with zero attached hydrogens (tertiary/aromatic N) is 1. The summed E-state index contributed by atoms with van der Waals surface area (Å²) in [4.78, 5) is 0. The van der Waals surface area contributed by atoms with Gasteiger partial charge in [-0.1, -0.05) is 47.0 Å². The zero-order valence-electron chi connectivity index (χ0n) is 9.82. The van der Waals surface area contributed by atoms with Crippen LogP contribution in [-0.2, 0) is 0 Å². The Bertz CT molecular complexity index is 563. The number of hydrogen-bond acceptors (Lipinski definition) is 2. The minimum Gasteiger partial charge on any atom is -0.279 e. The number of halogens is 2. The van der Waals surface area contributed by atoms with Crippen molar-refractivity contribution in [1.29, 1.82) is 0 Å². The molecule has 1 N–H and O–H groups in total. The molecule has 2 aromatic rings. The lowest BCUT2D eigenvalue weighted by atomic mass is 10.2. The molecule has 0 saturated carbocycles. The van der Waals surface area contributed by atoms with E-state index in [1.54, 1.807) is 18.3 Å². The molecule has 4 heteroatoms. The van der Waals surface area contributed by atoms with Crippen LogP contribution >= 0.6 is 23.2 Å². The number of hydrogen-bond donors (Lipinski definition) is 1. The van der Waals surface area contributed by atoms with Crippen molar-refractivity contribution in [2.75, 3.05) is 5.43 Å². The summed E-state index contributed by atoms with van der Waals surface area (Å²) in [5.74, 6) is 0. The molecule has 2 nitrogen and oxygen atoms in total. The molecule has 18 heavy (non-hydrogen) atoms. The van der Waals surface area contributed by atoms with Gasteiger partial charge in [-0.3, -0.25) is 5.43 Å². The molecule has 0 amide bonds. The number of anilines is 1. The zero-order valence-corrected chi connectivity index (χ0v) is 11.3. The van der Waals surface area contributed by atoms with Crippen LogP contribution in [0.3, 0.4) is 0 Å². The summed E-state index contributed by atoms with van der Waals surface area (Å²) in [6.07, 6.45) is 1.67. The maximum Gasteiger partial charge on any atom is 0.0561 e. The fourth-order valence-electron chi connectivity index (χ4n) is 1.41. The number of nitrogens with one attached hydrogen (secondary N) is 1. The third-order valence-corrected chi connectivity index (χ3v) is 2.97. The molecule has 0 heterocycles. The second-order valence-corrected chi connectivity index (χ2v) is 4.75. The molecule has 0 aliphatic carbocycles. The minimum atomic E-state index is 0.581. The molecule has 0 atom stereocenters. The van der Waals surface area contributed by atoms with E-state index in [2.05, 4.69) is 10.5 Å². The van der Waals surface area contributed by atoms with E-state index in [9.17, 15) is 0 Å². The van der Waals surface area contributed by atoms with Crippen LogP contribution in [0.2, 0.25) is 10.0 Å². The molecular formula is C14H12Cl2N2. The number of aryl methyl sites for hydroxylation is 1. The topological polar surface area (TPSA) is 24.4 Å². The van der Waals surface area contributed by atoms with Gasteiger partial charge in [0.1, 0.15) is 0 Å². The summed E-state index contributed by atoms with van der Waals surface area (Å²) >= 11 is 11.8. The van der Waals surface area contributed by atoms with Gasteiger partial charge in [0, 0.05) is 10.6 Å². The van der Waals surface area contributed by atoms with Crippen LogP contribution in [0.5, 0.6) is 0 Å². The quantitative estimate of drug-likeness (QED) is 0.636. The standard InChI is InChI=1S/C14H12Cl2N2/c1-10-2-6-13(7-3-10)18-17-9-11-4-5-12(15)8-14(11)16/h2-9,18H,1H3/b17-9-. The van der Waals surface area contributed by atoms with E-state index >= 15 is 0 Å². The van der Waals surface area contributed by atoms with Gasteiger partial charge in [0.15, 0.2) is 0 Å². The Morgan fingerprint density at radius 3 is 2.44 bits per heavy atom. The van der Waals surface area contributed by atoms with Gasteiger partial charge in [-0.15, -0.1) is 0 Å². The molecule has 0 unspecified atom stereocenters. The molecule has 0 saturated heterocycles. The second-order valence-electron chi connectivity index (χ2n) is 3.90. The number of hydrazone groups is 1. The van der Waals surface area contributed by atoms with Crippen LogP contribution < -0.4 is 5.43 Å². The Kier molecular flexibility index (Phi) is 4.24. The molecular weight excluding hydrogens is 267 g/mol. The normalized spacial score (nSPS) is 10.8. The van der Waals surface area contributed by atoms with E-state index in [0.717, 1.165) is 11.3 Å². The summed E-state index contributed by atoms with van der Waals surface area (Å²) in [7, 11) is 0. The monoisotopic (exact) mass is 278 g/mol. The lowest BCUT2D eigenvalue weighted by Crippen LogP contribution is -1.91. The van der Waals surface area contributed by atoms with Crippen LogP contribution in [0.1, 0.15) is 11.1 Å². The van der Waals surface area contributed by atoms with Gasteiger partial charge in [0.05, 0.1) is 16.9 Å². The highest BCUT2D eigenvalue weighted by Crippen LogP contribution is 2.19. The minimum absolute atomic E-state index is 0.581. The fourth-order valence-corrected chi connectivity index (χ4v) is 1.87. The first-order valence-electron chi connectivity index (χ1n) is 5.46. The van der Waals surface area contributed by atoms with Crippen LogP contribution in [0.4, 0.5) is 5.69 Å². The summed E-state index contributed by atoms with van der Waals surface area (Å²) in [6, 6.07) is 13.3. The molecule has 0 aliphatic rings. The van der Waals surface area contributed by atoms with Crippen LogP contribution in [0.15, 0.2) is 47.6 Å². The van der Waals surface area contributed by atoms with Crippen LogP contribution in [-0.4, -0.2) is 6.21 Å². The Hall–Kier alpha value is -1.51. The summed E-state index contributed by atoms with van der Waals surface area (Å²) in [6.45, 7) is 2.04. The highest BCUT2D eigenvalue weighted by atomic mass is 35.5. The van der Waals surface area contributed by atoms with Crippen LogP contribution in [0.25, 0.3) is 0 Å². The van der Waals surface area contributed by atoms with Crippen molar-refractivity contribution in [3.05, 3.63) is 63.6 Å². The Balaban J connectivity index is 2.05. The number of benzene rings is 2. The van der Waals surface area contributed by atoms with E-state index in [0.29, 0.717) is 10.0 Å². The average Bonchev–Trinajstić information content (AvgIpc) is 2.34. The average molecular weight is 279 g/mol. The van der Waals surface area contributed by atoms with Gasteiger partial charge in [0.25, 0.3) is 0 Å². The molecule has 0 fully saturated rings. The van der Waals surface area contributed by atoms with Crippen LogP contribution in [0, 0.1) is 6.92 Å². The predicted octanol–water partition coefficient (Wildman–Crippen LogP) is 4.75. The van der Waals surface area contributed by atoms with Crippen molar-refractivity contribution < 1.29 is 0 Å². The van der Waals surface area contributed by atoms with Crippen molar-refractivity contribution in [2.24, 2.45) is 5.10 Å². The molecule has 0 spiro atoms. The third-order valence-electron chi connectivity index (χ3n) is 2.41. The van der Waals surface area contributed by atoms with Gasteiger partial charge in [0.2, 0.25) is 0 Å². The Morgan fingerprint density at radius 1 is 1.06 bits per heavy atom. The Labute approximate surface area is 116 Å². The molecule has 92 valence electrons. The summed E-state index contributed by atoms with van der Waals surface area (Å²) in [5, 5.41) is 5.32. The van der Waals surface area contributed by atoms with E-state index in [1.165, 1.54) is 5.56 Å². The van der Waals surface area contributed by atoms with Gasteiger partial charge in [-0.25, -0.2) is 0 Å². The first-order valence-corrected chi connectivity index (χ1v) is 6.21. The van der Waals surface area contributed by atoms with E-state index in [-0.39, 0.29) is 0 Å². The summed E-state index contributed by atoms with van der Waals surface area (Å²) < 4.78 is 0. The first kappa shape index (κ1) is 12.9. The van der Waals surface area contributed by atoms with Gasteiger partial charge in [-0.2, -0.15) is 5.10 Å². The maximum absolute atomic E-state index is 6.03. The molecule has 0 bridgehead atoms. The lowest BCUT2D eigenvalue weighted by Gasteiger charge is -2.01. The Morgan fingerprint density at radius 2 is 1.78 bits per heavy atom. The summed E-state index contributed by atoms with van der Waals surface area (Å²) in [5.41, 5.74) is 5.91. The van der Waals surface area contributed by atoms with Crippen molar-refractivity contribution >= 4 is 35.1 Å². The largest absolute Gasteiger partial charge is 0.279 e. The van der Waals surface area contributed by atoms with Crippen molar-refractivity contribution in [1.82, 2.24) is 0 Å². The van der Waals surface area contributed by atoms with Crippen molar-refractivity contribution in [3.63, 3.8) is 0 Å². The SMILES string of the molecule is Cc1ccc(N/N=C\c2ccc(Cl)cc2Cl)cc1. The highest BCUT2D eigenvalue weighted by molar-refractivity contribution is 6.36. The third kappa shape index (κ3) is 3.49. The zero-order chi connectivity index (χ0) is 13.0. The molecule has 2 aromatic carbocycles. The predicted molar refractivity (Wildman–Crippen MR) is 78.9 cm³/mol. The van der Waals surface area contributed by atoms with E-state index < -0.39 is 0 Å². The van der Waals surface area contributed by atoms with Gasteiger partial charge >= 0.3 is 0 Å².